The fourth-order valence-electron chi connectivity index (χ4n) is 0.863. The maximum atomic E-state index is 10.5. The Hall–Kier alpha value is -1.91. The number of nitrogens with zero attached hydrogens (tertiary/aromatic N) is 1. The van der Waals surface area contributed by atoms with Gasteiger partial charge >= 0.3 is 11.9 Å². The van der Waals surface area contributed by atoms with Crippen LogP contribution in [0.5, 0.6) is 0 Å². The zero-order valence-corrected chi connectivity index (χ0v) is 6.60. The van der Waals surface area contributed by atoms with E-state index in [1.807, 2.05) is 0 Å². The van der Waals surface area contributed by atoms with Gasteiger partial charge in [0.15, 0.2) is 0 Å². The highest BCUT2D eigenvalue weighted by Crippen LogP contribution is 2.02. The fourth-order valence-corrected chi connectivity index (χ4v) is 0.863. The lowest BCUT2D eigenvalue weighted by Gasteiger charge is -1.97. The van der Waals surface area contributed by atoms with Crippen LogP contribution in [0.25, 0.3) is 0 Å². The molecule has 0 fully saturated rings. The van der Waals surface area contributed by atoms with Crippen molar-refractivity contribution in [2.75, 3.05) is 0 Å². The zero-order chi connectivity index (χ0) is 9.84. The van der Waals surface area contributed by atoms with Gasteiger partial charge in [-0.3, -0.25) is 9.78 Å². The number of aliphatic carboxylic acids is 1. The van der Waals surface area contributed by atoms with Crippen LogP contribution < -0.4 is 0 Å². The molecule has 0 aliphatic rings. The summed E-state index contributed by atoms with van der Waals surface area (Å²) >= 11 is 0. The molecule has 0 aliphatic heterocycles. The average Bonchev–Trinajstić information content (AvgIpc) is 2.03. The van der Waals surface area contributed by atoms with E-state index in [4.69, 9.17) is 10.2 Å². The van der Waals surface area contributed by atoms with Gasteiger partial charge in [0.05, 0.1) is 17.7 Å². The summed E-state index contributed by atoms with van der Waals surface area (Å²) < 4.78 is 0. The lowest BCUT2D eigenvalue weighted by atomic mass is 10.2. The fraction of sp³-hybridized carbons (Fsp3) is 0.125. The molecule has 68 valence electrons. The molecule has 5 nitrogen and oxygen atoms in total. The molecule has 2 N–H and O–H groups in total. The molecule has 0 saturated heterocycles. The summed E-state index contributed by atoms with van der Waals surface area (Å²) in [6.45, 7) is 0. The van der Waals surface area contributed by atoms with Crippen LogP contribution in [0.2, 0.25) is 0 Å². The van der Waals surface area contributed by atoms with Crippen molar-refractivity contribution in [3.8, 4) is 0 Å². The van der Waals surface area contributed by atoms with Crippen LogP contribution in [0.3, 0.4) is 0 Å². The summed E-state index contributed by atoms with van der Waals surface area (Å²) in [4.78, 5) is 24.4. The Morgan fingerprint density at radius 3 is 2.62 bits per heavy atom. The molecule has 5 heteroatoms. The van der Waals surface area contributed by atoms with Crippen LogP contribution in [0.4, 0.5) is 0 Å². The van der Waals surface area contributed by atoms with E-state index in [1.54, 1.807) is 0 Å². The van der Waals surface area contributed by atoms with Crippen LogP contribution >= 0.6 is 0 Å². The van der Waals surface area contributed by atoms with Gasteiger partial charge in [0.25, 0.3) is 0 Å². The molecule has 0 bridgehead atoms. The topological polar surface area (TPSA) is 87.5 Å². The smallest absolute Gasteiger partial charge is 0.335 e. The van der Waals surface area contributed by atoms with Gasteiger partial charge in [-0.05, 0) is 12.1 Å². The summed E-state index contributed by atoms with van der Waals surface area (Å²) in [7, 11) is 0. The Labute approximate surface area is 73.7 Å². The maximum absolute atomic E-state index is 10.5. The maximum Gasteiger partial charge on any atom is 0.335 e. The van der Waals surface area contributed by atoms with Gasteiger partial charge in [0.2, 0.25) is 0 Å². The number of pyridine rings is 1. The Morgan fingerprint density at radius 2 is 2.08 bits per heavy atom. The summed E-state index contributed by atoms with van der Waals surface area (Å²) in [6.07, 6.45) is 1.02. The number of carbonyl (C=O) groups is 2. The number of hydrogen-bond donors (Lipinski definition) is 2. The molecule has 1 aromatic heterocycles. The predicted octanol–water partition coefficient (Wildman–Crippen LogP) is 0.407. The Morgan fingerprint density at radius 1 is 1.38 bits per heavy atom. The SMILES string of the molecule is O=C(O)Cc1cc(C(=O)O)ccn1. The van der Waals surface area contributed by atoms with Crippen molar-refractivity contribution >= 4 is 11.9 Å². The summed E-state index contributed by atoms with van der Waals surface area (Å²) in [6, 6.07) is 2.56. The number of aromatic nitrogens is 1. The van der Waals surface area contributed by atoms with Gasteiger partial charge in [0, 0.05) is 6.20 Å². The number of rotatable bonds is 3. The highest BCUT2D eigenvalue weighted by atomic mass is 16.4. The minimum Gasteiger partial charge on any atom is -0.481 e. The first-order valence-corrected chi connectivity index (χ1v) is 3.49. The lowest BCUT2D eigenvalue weighted by molar-refractivity contribution is -0.136. The lowest BCUT2D eigenvalue weighted by Crippen LogP contribution is -2.04. The largest absolute Gasteiger partial charge is 0.481 e. The molecule has 0 radical (unpaired) electrons. The third kappa shape index (κ3) is 2.55. The van der Waals surface area contributed by atoms with Crippen LogP contribution in [-0.4, -0.2) is 27.1 Å². The number of hydrogen-bond acceptors (Lipinski definition) is 3. The molecule has 0 atom stereocenters. The van der Waals surface area contributed by atoms with Gasteiger partial charge in [0.1, 0.15) is 0 Å². The summed E-state index contributed by atoms with van der Waals surface area (Å²) in [5.41, 5.74) is 0.290. The van der Waals surface area contributed by atoms with E-state index in [2.05, 4.69) is 4.98 Å². The molecule has 13 heavy (non-hydrogen) atoms. The summed E-state index contributed by atoms with van der Waals surface area (Å²) in [5, 5.41) is 17.0. The van der Waals surface area contributed by atoms with Crippen molar-refractivity contribution in [2.24, 2.45) is 0 Å². The molecule has 1 rings (SSSR count). The molecule has 0 aromatic carbocycles. The van der Waals surface area contributed by atoms with E-state index < -0.39 is 11.9 Å². The molecule has 0 aliphatic carbocycles. The molecule has 0 saturated carbocycles. The van der Waals surface area contributed by atoms with Gasteiger partial charge in [-0.2, -0.15) is 0 Å². The standard InChI is InChI=1S/C8H7NO4/c10-7(11)4-6-3-5(8(12)13)1-2-9-6/h1-3H,4H2,(H,10,11)(H,12,13). The Kier molecular flexibility index (Phi) is 2.59. The third-order valence-corrected chi connectivity index (χ3v) is 1.40. The monoisotopic (exact) mass is 181 g/mol. The second-order valence-electron chi connectivity index (χ2n) is 2.41. The van der Waals surface area contributed by atoms with Crippen LogP contribution in [0.1, 0.15) is 16.1 Å². The first-order valence-electron chi connectivity index (χ1n) is 3.49. The van der Waals surface area contributed by atoms with Gasteiger partial charge < -0.3 is 10.2 Å². The van der Waals surface area contributed by atoms with Crippen LogP contribution in [0.15, 0.2) is 18.3 Å². The van der Waals surface area contributed by atoms with Crippen molar-refractivity contribution in [3.05, 3.63) is 29.6 Å². The average molecular weight is 181 g/mol. The van der Waals surface area contributed by atoms with Gasteiger partial charge in [-0.1, -0.05) is 0 Å². The van der Waals surface area contributed by atoms with Crippen LogP contribution in [0, 0.1) is 0 Å². The summed E-state index contributed by atoms with van der Waals surface area (Å²) in [5.74, 6) is -2.12. The second-order valence-corrected chi connectivity index (χ2v) is 2.41. The van der Waals surface area contributed by atoms with Crippen molar-refractivity contribution in [2.45, 2.75) is 6.42 Å². The van der Waals surface area contributed by atoms with Crippen molar-refractivity contribution in [1.82, 2.24) is 4.98 Å². The van der Waals surface area contributed by atoms with Crippen molar-refractivity contribution in [3.63, 3.8) is 0 Å². The Bertz CT molecular complexity index is 348. The van der Waals surface area contributed by atoms with E-state index in [-0.39, 0.29) is 17.7 Å². The second kappa shape index (κ2) is 3.66. The first kappa shape index (κ1) is 9.18. The zero-order valence-electron chi connectivity index (χ0n) is 6.60. The minimum absolute atomic E-state index is 0.0475. The first-order chi connectivity index (χ1) is 6.09. The van der Waals surface area contributed by atoms with Crippen LogP contribution in [-0.2, 0) is 11.2 Å². The van der Waals surface area contributed by atoms with E-state index in [0.717, 1.165) is 0 Å². The molecular weight excluding hydrogens is 174 g/mol. The Balaban J connectivity index is 2.91. The molecule has 1 aromatic rings. The molecule has 0 spiro atoms. The quantitative estimate of drug-likeness (QED) is 0.704. The number of carboxylic acids is 2. The predicted molar refractivity (Wildman–Crippen MR) is 42.5 cm³/mol. The molecule has 1 heterocycles. The molecular formula is C8H7NO4. The van der Waals surface area contributed by atoms with E-state index >= 15 is 0 Å². The highest BCUT2D eigenvalue weighted by Gasteiger charge is 2.06. The number of carboxylic acid groups (broad SMARTS) is 2. The van der Waals surface area contributed by atoms with E-state index in [9.17, 15) is 9.59 Å². The van der Waals surface area contributed by atoms with Gasteiger partial charge in [-0.25, -0.2) is 4.79 Å². The van der Waals surface area contributed by atoms with Crippen molar-refractivity contribution < 1.29 is 19.8 Å². The highest BCUT2D eigenvalue weighted by molar-refractivity contribution is 5.87. The molecule has 0 unspecified atom stereocenters. The van der Waals surface area contributed by atoms with E-state index in [0.29, 0.717) is 0 Å². The normalized spacial score (nSPS) is 9.54. The number of aromatic carboxylic acids is 1. The van der Waals surface area contributed by atoms with Crippen molar-refractivity contribution in [1.29, 1.82) is 0 Å². The van der Waals surface area contributed by atoms with E-state index in [1.165, 1.54) is 18.3 Å². The van der Waals surface area contributed by atoms with Gasteiger partial charge in [-0.15, -0.1) is 0 Å². The molecule has 0 amide bonds. The third-order valence-electron chi connectivity index (χ3n) is 1.40. The minimum atomic E-state index is -1.09.